The van der Waals surface area contributed by atoms with Gasteiger partial charge in [0.05, 0.1) is 19.3 Å². The summed E-state index contributed by atoms with van der Waals surface area (Å²) in [5, 5.41) is 3.52. The number of nitrogens with one attached hydrogen (secondary N) is 1. The molecule has 0 saturated heterocycles. The Kier molecular flexibility index (Phi) is 6.50. The van der Waals surface area contributed by atoms with E-state index < -0.39 is 0 Å². The SMILES string of the molecule is CCC(C)OC(CNC(C)(C)C)c1ccccc1OC. The Morgan fingerprint density at radius 1 is 1.20 bits per heavy atom. The summed E-state index contributed by atoms with van der Waals surface area (Å²) in [6.45, 7) is 11.5. The average molecular weight is 279 g/mol. The van der Waals surface area contributed by atoms with Crippen LogP contribution in [0.5, 0.6) is 5.75 Å². The highest BCUT2D eigenvalue weighted by atomic mass is 16.5. The fourth-order valence-corrected chi connectivity index (χ4v) is 1.94. The van der Waals surface area contributed by atoms with E-state index in [4.69, 9.17) is 9.47 Å². The number of hydrogen-bond acceptors (Lipinski definition) is 3. The van der Waals surface area contributed by atoms with Gasteiger partial charge in [-0.3, -0.25) is 0 Å². The highest BCUT2D eigenvalue weighted by Gasteiger charge is 2.21. The van der Waals surface area contributed by atoms with Gasteiger partial charge < -0.3 is 14.8 Å². The van der Waals surface area contributed by atoms with Gasteiger partial charge in [-0.1, -0.05) is 25.1 Å². The monoisotopic (exact) mass is 279 g/mol. The molecule has 0 heterocycles. The van der Waals surface area contributed by atoms with Gasteiger partial charge in [0, 0.05) is 17.6 Å². The summed E-state index contributed by atoms with van der Waals surface area (Å²) in [4.78, 5) is 0. The molecule has 1 aromatic carbocycles. The fraction of sp³-hybridized carbons (Fsp3) is 0.647. The van der Waals surface area contributed by atoms with Crippen molar-refractivity contribution < 1.29 is 9.47 Å². The molecule has 0 saturated carbocycles. The molecule has 0 aliphatic rings. The zero-order valence-electron chi connectivity index (χ0n) is 13.7. The van der Waals surface area contributed by atoms with Crippen LogP contribution in [-0.2, 0) is 4.74 Å². The molecule has 3 nitrogen and oxygen atoms in total. The van der Waals surface area contributed by atoms with Crippen molar-refractivity contribution in [3.63, 3.8) is 0 Å². The van der Waals surface area contributed by atoms with Crippen LogP contribution in [0.2, 0.25) is 0 Å². The molecular weight excluding hydrogens is 250 g/mol. The van der Waals surface area contributed by atoms with Crippen molar-refractivity contribution >= 4 is 0 Å². The van der Waals surface area contributed by atoms with Crippen LogP contribution >= 0.6 is 0 Å². The normalized spacial score (nSPS) is 14.9. The van der Waals surface area contributed by atoms with E-state index in [2.05, 4.69) is 46.0 Å². The van der Waals surface area contributed by atoms with Gasteiger partial charge in [0.15, 0.2) is 0 Å². The van der Waals surface area contributed by atoms with Crippen LogP contribution in [0.4, 0.5) is 0 Å². The van der Waals surface area contributed by atoms with Crippen LogP contribution in [-0.4, -0.2) is 25.3 Å². The van der Waals surface area contributed by atoms with E-state index in [0.29, 0.717) is 0 Å². The first kappa shape index (κ1) is 17.0. The van der Waals surface area contributed by atoms with Crippen molar-refractivity contribution in [1.82, 2.24) is 5.32 Å². The molecule has 0 bridgehead atoms. The second-order valence-electron chi connectivity index (χ2n) is 6.22. The van der Waals surface area contributed by atoms with E-state index in [0.717, 1.165) is 24.3 Å². The van der Waals surface area contributed by atoms with Crippen molar-refractivity contribution in [2.45, 2.75) is 58.8 Å². The van der Waals surface area contributed by atoms with E-state index in [-0.39, 0.29) is 17.7 Å². The lowest BCUT2D eigenvalue weighted by atomic mass is 10.0. The van der Waals surface area contributed by atoms with Gasteiger partial charge in [-0.05, 0) is 40.2 Å². The molecule has 3 heteroatoms. The van der Waals surface area contributed by atoms with E-state index in [9.17, 15) is 0 Å². The molecule has 0 amide bonds. The second kappa shape index (κ2) is 7.65. The van der Waals surface area contributed by atoms with Gasteiger partial charge in [0.25, 0.3) is 0 Å². The molecule has 0 aliphatic carbocycles. The third kappa shape index (κ3) is 5.51. The van der Waals surface area contributed by atoms with Gasteiger partial charge >= 0.3 is 0 Å². The number of rotatable bonds is 7. The molecule has 0 radical (unpaired) electrons. The van der Waals surface area contributed by atoms with E-state index in [1.165, 1.54) is 0 Å². The minimum atomic E-state index is 0.000301. The first-order valence-corrected chi connectivity index (χ1v) is 7.40. The highest BCUT2D eigenvalue weighted by Crippen LogP contribution is 2.28. The number of para-hydroxylation sites is 1. The minimum Gasteiger partial charge on any atom is -0.496 e. The predicted molar refractivity (Wildman–Crippen MR) is 84.3 cm³/mol. The van der Waals surface area contributed by atoms with E-state index in [1.807, 2.05) is 18.2 Å². The summed E-state index contributed by atoms with van der Waals surface area (Å²) < 4.78 is 11.6. The lowest BCUT2D eigenvalue weighted by molar-refractivity contribution is -0.00836. The molecule has 114 valence electrons. The van der Waals surface area contributed by atoms with Crippen molar-refractivity contribution in [2.24, 2.45) is 0 Å². The minimum absolute atomic E-state index is 0.000301. The second-order valence-corrected chi connectivity index (χ2v) is 6.22. The van der Waals surface area contributed by atoms with Crippen LogP contribution in [0.25, 0.3) is 0 Å². The summed E-state index contributed by atoms with van der Waals surface area (Å²) in [5.41, 5.74) is 1.17. The zero-order chi connectivity index (χ0) is 15.2. The van der Waals surface area contributed by atoms with Crippen molar-refractivity contribution in [2.75, 3.05) is 13.7 Å². The maximum Gasteiger partial charge on any atom is 0.124 e. The Labute approximate surface area is 123 Å². The summed E-state index contributed by atoms with van der Waals surface area (Å²) >= 11 is 0. The maximum atomic E-state index is 6.18. The molecule has 0 fully saturated rings. The van der Waals surface area contributed by atoms with Crippen LogP contribution in [0, 0.1) is 0 Å². The summed E-state index contributed by atoms with van der Waals surface area (Å²) in [6.07, 6.45) is 1.23. The van der Waals surface area contributed by atoms with Crippen molar-refractivity contribution in [1.29, 1.82) is 0 Å². The summed E-state index contributed by atoms with van der Waals surface area (Å²) in [5.74, 6) is 0.886. The first-order chi connectivity index (χ1) is 9.37. The number of ether oxygens (including phenoxy) is 2. The molecule has 0 aliphatic heterocycles. The number of hydrogen-bond donors (Lipinski definition) is 1. The molecule has 2 atom stereocenters. The molecular formula is C17H29NO2. The van der Waals surface area contributed by atoms with E-state index in [1.54, 1.807) is 7.11 Å². The van der Waals surface area contributed by atoms with Crippen LogP contribution in [0.15, 0.2) is 24.3 Å². The van der Waals surface area contributed by atoms with Gasteiger partial charge in [0.1, 0.15) is 5.75 Å². The Balaban J connectivity index is 2.91. The molecule has 20 heavy (non-hydrogen) atoms. The molecule has 0 aromatic heterocycles. The quantitative estimate of drug-likeness (QED) is 0.820. The third-order valence-electron chi connectivity index (χ3n) is 3.28. The fourth-order valence-electron chi connectivity index (χ4n) is 1.94. The Hall–Kier alpha value is -1.06. The Bertz CT molecular complexity index is 398. The van der Waals surface area contributed by atoms with Crippen LogP contribution in [0.1, 0.15) is 52.7 Å². The van der Waals surface area contributed by atoms with Gasteiger partial charge in [0.2, 0.25) is 0 Å². The topological polar surface area (TPSA) is 30.5 Å². The standard InChI is InChI=1S/C17H29NO2/c1-7-13(2)20-16(12-18-17(3,4)5)14-10-8-9-11-15(14)19-6/h8-11,13,16,18H,7,12H2,1-6H3. The Morgan fingerprint density at radius 2 is 1.85 bits per heavy atom. The molecule has 1 rings (SSSR count). The summed E-state index contributed by atoms with van der Waals surface area (Å²) in [6, 6.07) is 8.08. The number of benzene rings is 1. The predicted octanol–water partition coefficient (Wildman–Crippen LogP) is 3.94. The first-order valence-electron chi connectivity index (χ1n) is 7.40. The van der Waals surface area contributed by atoms with Crippen LogP contribution in [0.3, 0.4) is 0 Å². The molecule has 1 aromatic rings. The average Bonchev–Trinajstić information content (AvgIpc) is 2.42. The van der Waals surface area contributed by atoms with Gasteiger partial charge in [-0.15, -0.1) is 0 Å². The van der Waals surface area contributed by atoms with E-state index >= 15 is 0 Å². The summed E-state index contributed by atoms with van der Waals surface area (Å²) in [7, 11) is 1.70. The van der Waals surface area contributed by atoms with Crippen LogP contribution < -0.4 is 10.1 Å². The van der Waals surface area contributed by atoms with Gasteiger partial charge in [-0.25, -0.2) is 0 Å². The van der Waals surface area contributed by atoms with Crippen molar-refractivity contribution in [3.05, 3.63) is 29.8 Å². The molecule has 1 N–H and O–H groups in total. The zero-order valence-corrected chi connectivity index (χ0v) is 13.7. The highest BCUT2D eigenvalue weighted by molar-refractivity contribution is 5.35. The van der Waals surface area contributed by atoms with Crippen molar-refractivity contribution in [3.8, 4) is 5.75 Å². The molecule has 0 spiro atoms. The number of methoxy groups -OCH3 is 1. The van der Waals surface area contributed by atoms with Gasteiger partial charge in [-0.2, -0.15) is 0 Å². The third-order valence-corrected chi connectivity index (χ3v) is 3.28. The maximum absolute atomic E-state index is 6.18. The largest absolute Gasteiger partial charge is 0.496 e. The Morgan fingerprint density at radius 3 is 2.40 bits per heavy atom. The lowest BCUT2D eigenvalue weighted by Crippen LogP contribution is -2.39. The lowest BCUT2D eigenvalue weighted by Gasteiger charge is -2.28. The molecule has 2 unspecified atom stereocenters. The smallest absolute Gasteiger partial charge is 0.124 e.